The molecule has 6 nitrogen and oxygen atoms in total. The summed E-state index contributed by atoms with van der Waals surface area (Å²) in [5, 5.41) is 8.33. The maximum Gasteiger partial charge on any atom is 0.382 e. The average molecular weight is 201 g/mol. The van der Waals surface area contributed by atoms with Gasteiger partial charge in [0.2, 0.25) is 0 Å². The summed E-state index contributed by atoms with van der Waals surface area (Å²) in [6, 6.07) is 0. The summed E-state index contributed by atoms with van der Waals surface area (Å²) < 4.78 is 5.06. The van der Waals surface area contributed by atoms with E-state index in [0.29, 0.717) is 26.2 Å². The molecule has 1 rings (SSSR count). The van der Waals surface area contributed by atoms with Crippen molar-refractivity contribution in [1.29, 1.82) is 0 Å². The lowest BCUT2D eigenvalue weighted by atomic mass is 10.3. The Morgan fingerprint density at radius 2 is 1.86 bits per heavy atom. The summed E-state index contributed by atoms with van der Waals surface area (Å²) in [5.74, 6) is -4.05. The minimum atomic E-state index is -1.71. The van der Waals surface area contributed by atoms with E-state index in [2.05, 4.69) is 0 Å². The van der Waals surface area contributed by atoms with Gasteiger partial charge in [0, 0.05) is 19.7 Å². The first-order chi connectivity index (χ1) is 6.63. The van der Waals surface area contributed by atoms with Crippen molar-refractivity contribution < 1.29 is 24.2 Å². The molecule has 0 spiro atoms. The van der Waals surface area contributed by atoms with Gasteiger partial charge in [-0.25, -0.2) is 4.79 Å². The van der Waals surface area contributed by atoms with Crippen LogP contribution in [0.1, 0.15) is 6.42 Å². The van der Waals surface area contributed by atoms with E-state index in [9.17, 15) is 14.4 Å². The number of ketones is 1. The molecule has 0 saturated carbocycles. The van der Waals surface area contributed by atoms with E-state index in [0.717, 1.165) is 0 Å². The van der Waals surface area contributed by atoms with E-state index in [1.807, 2.05) is 0 Å². The lowest BCUT2D eigenvalue weighted by Gasteiger charge is -2.16. The molecule has 14 heavy (non-hydrogen) atoms. The summed E-state index contributed by atoms with van der Waals surface area (Å²) in [5.41, 5.74) is 0. The maximum atomic E-state index is 11.2. The van der Waals surface area contributed by atoms with Crippen molar-refractivity contribution in [2.45, 2.75) is 6.42 Å². The average Bonchev–Trinajstić information content (AvgIpc) is 2.43. The predicted octanol–water partition coefficient (Wildman–Crippen LogP) is -1.11. The highest BCUT2D eigenvalue weighted by atomic mass is 16.5. The van der Waals surface area contributed by atoms with Crippen LogP contribution in [0.5, 0.6) is 0 Å². The number of amides is 1. The number of carbonyl (C=O) groups is 3. The summed E-state index contributed by atoms with van der Waals surface area (Å²) >= 11 is 0. The molecule has 1 amide bonds. The zero-order valence-electron chi connectivity index (χ0n) is 7.56. The van der Waals surface area contributed by atoms with Crippen molar-refractivity contribution in [1.82, 2.24) is 4.90 Å². The largest absolute Gasteiger partial charge is 0.475 e. The van der Waals surface area contributed by atoms with Gasteiger partial charge in [-0.2, -0.15) is 0 Å². The van der Waals surface area contributed by atoms with Gasteiger partial charge in [0.25, 0.3) is 0 Å². The van der Waals surface area contributed by atoms with Crippen LogP contribution >= 0.6 is 0 Å². The van der Waals surface area contributed by atoms with Gasteiger partial charge in [-0.1, -0.05) is 0 Å². The maximum absolute atomic E-state index is 11.2. The minimum Gasteiger partial charge on any atom is -0.475 e. The number of aliphatic carboxylic acids is 1. The third kappa shape index (κ3) is 2.53. The van der Waals surface area contributed by atoms with E-state index in [4.69, 9.17) is 9.84 Å². The number of Topliss-reactive ketones (excluding diaryl/α,β-unsaturated/α-hetero) is 1. The Bertz CT molecular complexity index is 254. The molecule has 0 atom stereocenters. The molecule has 78 valence electrons. The van der Waals surface area contributed by atoms with Crippen LogP contribution in [0.15, 0.2) is 0 Å². The van der Waals surface area contributed by atoms with Gasteiger partial charge in [-0.3, -0.25) is 9.59 Å². The quantitative estimate of drug-likeness (QED) is 0.452. The molecular formula is C8H11NO5. The molecule has 1 aliphatic rings. The van der Waals surface area contributed by atoms with Crippen LogP contribution in [-0.4, -0.2) is 54.0 Å². The molecule has 0 bridgehead atoms. The summed E-state index contributed by atoms with van der Waals surface area (Å²) in [4.78, 5) is 33.5. The van der Waals surface area contributed by atoms with E-state index in [1.54, 1.807) is 0 Å². The van der Waals surface area contributed by atoms with Crippen molar-refractivity contribution in [3.63, 3.8) is 0 Å². The van der Waals surface area contributed by atoms with Crippen molar-refractivity contribution in [2.75, 3.05) is 26.3 Å². The molecular weight excluding hydrogens is 190 g/mol. The Labute approximate surface area is 80.4 Å². The van der Waals surface area contributed by atoms with Gasteiger partial charge < -0.3 is 14.7 Å². The number of rotatable bonds is 2. The predicted molar refractivity (Wildman–Crippen MR) is 44.7 cm³/mol. The van der Waals surface area contributed by atoms with Crippen molar-refractivity contribution in [2.24, 2.45) is 0 Å². The Balaban J connectivity index is 2.58. The molecule has 0 aromatic heterocycles. The Morgan fingerprint density at radius 3 is 2.50 bits per heavy atom. The molecule has 0 radical (unpaired) electrons. The number of carboxylic acid groups (broad SMARTS) is 1. The monoisotopic (exact) mass is 201 g/mol. The smallest absolute Gasteiger partial charge is 0.382 e. The van der Waals surface area contributed by atoms with Crippen LogP contribution in [-0.2, 0) is 19.1 Å². The molecule has 1 N–H and O–H groups in total. The van der Waals surface area contributed by atoms with Crippen molar-refractivity contribution in [3.8, 4) is 0 Å². The Kier molecular flexibility index (Phi) is 3.58. The summed E-state index contributed by atoms with van der Waals surface area (Å²) in [7, 11) is 0. The SMILES string of the molecule is O=C(O)C(=O)C(=O)N1CCCOCC1. The molecule has 0 unspecified atom stereocenters. The van der Waals surface area contributed by atoms with E-state index in [-0.39, 0.29) is 6.54 Å². The van der Waals surface area contributed by atoms with Crippen LogP contribution in [0, 0.1) is 0 Å². The van der Waals surface area contributed by atoms with Gasteiger partial charge >= 0.3 is 17.7 Å². The summed E-state index contributed by atoms with van der Waals surface area (Å²) in [6.45, 7) is 1.53. The van der Waals surface area contributed by atoms with E-state index in [1.165, 1.54) is 4.90 Å². The molecule has 0 aromatic carbocycles. The number of nitrogens with zero attached hydrogens (tertiary/aromatic N) is 1. The van der Waals surface area contributed by atoms with Gasteiger partial charge in [-0.15, -0.1) is 0 Å². The number of hydrogen-bond acceptors (Lipinski definition) is 4. The second kappa shape index (κ2) is 4.71. The highest BCUT2D eigenvalue weighted by Crippen LogP contribution is 2.00. The number of carbonyl (C=O) groups excluding carboxylic acids is 2. The Morgan fingerprint density at radius 1 is 1.14 bits per heavy atom. The molecule has 0 aromatic rings. The van der Waals surface area contributed by atoms with Crippen LogP contribution in [0.2, 0.25) is 0 Å². The van der Waals surface area contributed by atoms with Gasteiger partial charge in [0.05, 0.1) is 6.61 Å². The third-order valence-corrected chi connectivity index (χ3v) is 1.90. The van der Waals surface area contributed by atoms with E-state index >= 15 is 0 Å². The zero-order valence-corrected chi connectivity index (χ0v) is 7.56. The molecule has 0 aliphatic carbocycles. The number of hydrogen-bond donors (Lipinski definition) is 1. The second-order valence-electron chi connectivity index (χ2n) is 2.89. The zero-order chi connectivity index (χ0) is 10.6. The lowest BCUT2D eigenvalue weighted by molar-refractivity contribution is -0.156. The standard InChI is InChI=1S/C8H11NO5/c10-6(8(12)13)7(11)9-2-1-4-14-5-3-9/h1-5H2,(H,12,13). The third-order valence-electron chi connectivity index (χ3n) is 1.90. The first-order valence-corrected chi connectivity index (χ1v) is 4.27. The minimum absolute atomic E-state index is 0.276. The van der Waals surface area contributed by atoms with Gasteiger partial charge in [-0.05, 0) is 6.42 Å². The molecule has 1 saturated heterocycles. The van der Waals surface area contributed by atoms with Crippen molar-refractivity contribution >= 4 is 17.7 Å². The van der Waals surface area contributed by atoms with Crippen molar-refractivity contribution in [3.05, 3.63) is 0 Å². The van der Waals surface area contributed by atoms with Gasteiger partial charge in [0.15, 0.2) is 0 Å². The summed E-state index contributed by atoms with van der Waals surface area (Å²) in [6.07, 6.45) is 0.624. The normalized spacial score (nSPS) is 17.3. The topological polar surface area (TPSA) is 83.9 Å². The van der Waals surface area contributed by atoms with Gasteiger partial charge in [0.1, 0.15) is 0 Å². The first kappa shape index (κ1) is 10.6. The molecule has 1 aliphatic heterocycles. The Hall–Kier alpha value is -1.43. The number of carboxylic acids is 1. The van der Waals surface area contributed by atoms with Crippen LogP contribution in [0.4, 0.5) is 0 Å². The molecule has 6 heteroatoms. The first-order valence-electron chi connectivity index (χ1n) is 4.27. The lowest BCUT2D eigenvalue weighted by Crippen LogP contribution is -2.41. The molecule has 1 fully saturated rings. The second-order valence-corrected chi connectivity index (χ2v) is 2.89. The fourth-order valence-corrected chi connectivity index (χ4v) is 1.18. The van der Waals surface area contributed by atoms with Crippen LogP contribution < -0.4 is 0 Å². The highest BCUT2D eigenvalue weighted by molar-refractivity contribution is 6.61. The fourth-order valence-electron chi connectivity index (χ4n) is 1.18. The molecule has 1 heterocycles. The van der Waals surface area contributed by atoms with Crippen LogP contribution in [0.3, 0.4) is 0 Å². The van der Waals surface area contributed by atoms with Crippen LogP contribution in [0.25, 0.3) is 0 Å². The fraction of sp³-hybridized carbons (Fsp3) is 0.625. The highest BCUT2D eigenvalue weighted by Gasteiger charge is 2.27. The van der Waals surface area contributed by atoms with E-state index < -0.39 is 17.7 Å². The number of ether oxygens (including phenoxy) is 1.